The molecule has 7 nitrogen and oxygen atoms in total. The molecule has 1 heterocycles. The molecule has 1 unspecified atom stereocenters. The molecule has 1 atom stereocenters. The van der Waals surface area contributed by atoms with E-state index in [1.54, 1.807) is 18.2 Å². The summed E-state index contributed by atoms with van der Waals surface area (Å²) >= 11 is 0. The maximum atomic E-state index is 12.6. The molecule has 1 aliphatic rings. The van der Waals surface area contributed by atoms with Gasteiger partial charge in [0.2, 0.25) is 5.91 Å². The van der Waals surface area contributed by atoms with E-state index >= 15 is 0 Å². The average Bonchev–Trinajstić information content (AvgIpc) is 2.70. The molecule has 148 valence electrons. The summed E-state index contributed by atoms with van der Waals surface area (Å²) in [6, 6.07) is 12.2. The fourth-order valence-electron chi connectivity index (χ4n) is 3.57. The third kappa shape index (κ3) is 4.14. The van der Waals surface area contributed by atoms with Crippen LogP contribution in [0.4, 0.5) is 17.1 Å². The average molecular weight is 382 g/mol. The summed E-state index contributed by atoms with van der Waals surface area (Å²) in [6.45, 7) is 9.31. The predicted octanol–water partition coefficient (Wildman–Crippen LogP) is 3.36. The van der Waals surface area contributed by atoms with Crippen molar-refractivity contribution in [3.63, 3.8) is 0 Å². The summed E-state index contributed by atoms with van der Waals surface area (Å²) in [6.07, 6.45) is 0. The number of nitro groups is 1. The van der Waals surface area contributed by atoms with Crippen molar-refractivity contribution in [3.8, 4) is 0 Å². The van der Waals surface area contributed by atoms with Crippen molar-refractivity contribution in [3.05, 3.63) is 63.7 Å². The lowest BCUT2D eigenvalue weighted by Gasteiger charge is -2.39. The van der Waals surface area contributed by atoms with Crippen LogP contribution in [0.1, 0.15) is 18.1 Å². The molecule has 0 aromatic heterocycles. The molecule has 0 spiro atoms. The summed E-state index contributed by atoms with van der Waals surface area (Å²) in [5, 5.41) is 13.8. The zero-order valence-electron chi connectivity index (χ0n) is 16.5. The maximum absolute atomic E-state index is 12.6. The minimum atomic E-state index is -0.483. The second-order valence-corrected chi connectivity index (χ2v) is 7.18. The quantitative estimate of drug-likeness (QED) is 0.634. The third-order valence-electron chi connectivity index (χ3n) is 5.52. The van der Waals surface area contributed by atoms with Gasteiger partial charge in [-0.25, -0.2) is 0 Å². The Morgan fingerprint density at radius 2 is 1.75 bits per heavy atom. The summed E-state index contributed by atoms with van der Waals surface area (Å²) in [5.74, 6) is -0.227. The maximum Gasteiger partial charge on any atom is 0.292 e. The van der Waals surface area contributed by atoms with Crippen LogP contribution >= 0.6 is 0 Å². The number of nitrogens with zero attached hydrogens (tertiary/aromatic N) is 3. The molecule has 2 aromatic rings. The van der Waals surface area contributed by atoms with Crippen LogP contribution in [0, 0.1) is 24.0 Å². The summed E-state index contributed by atoms with van der Waals surface area (Å²) < 4.78 is 0. The molecular formula is C21H26N4O3. The Labute approximate surface area is 165 Å². The number of hydrogen-bond acceptors (Lipinski definition) is 5. The fraction of sp³-hybridized carbons (Fsp3) is 0.381. The van der Waals surface area contributed by atoms with Crippen molar-refractivity contribution in [2.24, 2.45) is 0 Å². The summed E-state index contributed by atoms with van der Waals surface area (Å²) in [4.78, 5) is 27.8. The third-order valence-corrected chi connectivity index (χ3v) is 5.52. The minimum Gasteiger partial charge on any atom is -0.369 e. The molecule has 1 saturated heterocycles. The highest BCUT2D eigenvalue weighted by Crippen LogP contribution is 2.25. The van der Waals surface area contributed by atoms with Crippen molar-refractivity contribution >= 4 is 23.0 Å². The highest BCUT2D eigenvalue weighted by atomic mass is 16.6. The van der Waals surface area contributed by atoms with E-state index in [0.717, 1.165) is 26.2 Å². The zero-order chi connectivity index (χ0) is 20.3. The summed E-state index contributed by atoms with van der Waals surface area (Å²) in [7, 11) is 0. The Balaban J connectivity index is 1.62. The van der Waals surface area contributed by atoms with Gasteiger partial charge in [-0.1, -0.05) is 24.3 Å². The Bertz CT molecular complexity index is 876. The first-order chi connectivity index (χ1) is 13.4. The number of rotatable bonds is 5. The van der Waals surface area contributed by atoms with Gasteiger partial charge in [-0.15, -0.1) is 0 Å². The van der Waals surface area contributed by atoms with E-state index in [-0.39, 0.29) is 23.3 Å². The second kappa shape index (κ2) is 8.39. The number of piperazine rings is 1. The molecule has 7 heteroatoms. The number of benzene rings is 2. The van der Waals surface area contributed by atoms with Gasteiger partial charge < -0.3 is 10.2 Å². The minimum absolute atomic E-state index is 0.0946. The Hall–Kier alpha value is -2.93. The van der Waals surface area contributed by atoms with Crippen molar-refractivity contribution < 1.29 is 9.72 Å². The van der Waals surface area contributed by atoms with Crippen LogP contribution < -0.4 is 10.2 Å². The number of carbonyl (C=O) groups is 1. The standard InChI is InChI=1S/C21H26N4O3/c1-15-7-6-10-19(16(15)2)24-13-11-23(12-14-24)17(3)21(26)22-18-8-4-5-9-20(18)25(27)28/h4-10,17H,11-14H2,1-3H3,(H,22,26). The van der Waals surface area contributed by atoms with Gasteiger partial charge in [0.15, 0.2) is 0 Å². The number of nitro benzene ring substituents is 1. The Morgan fingerprint density at radius 1 is 1.07 bits per heavy atom. The highest BCUT2D eigenvalue weighted by Gasteiger charge is 2.27. The molecule has 0 saturated carbocycles. The van der Waals surface area contributed by atoms with Gasteiger partial charge in [0.1, 0.15) is 5.69 Å². The van der Waals surface area contributed by atoms with Gasteiger partial charge >= 0.3 is 0 Å². The molecule has 3 rings (SSSR count). The lowest BCUT2D eigenvalue weighted by Crippen LogP contribution is -2.53. The van der Waals surface area contributed by atoms with Gasteiger partial charge in [-0.05, 0) is 44.0 Å². The molecule has 2 aromatic carbocycles. The first kappa shape index (κ1) is 19.8. The second-order valence-electron chi connectivity index (χ2n) is 7.18. The first-order valence-corrected chi connectivity index (χ1v) is 9.48. The van der Waals surface area contributed by atoms with E-state index in [9.17, 15) is 14.9 Å². The van der Waals surface area contributed by atoms with Crippen molar-refractivity contribution in [1.29, 1.82) is 0 Å². The van der Waals surface area contributed by atoms with Crippen LogP contribution in [0.3, 0.4) is 0 Å². The predicted molar refractivity (Wildman–Crippen MR) is 111 cm³/mol. The molecule has 0 bridgehead atoms. The molecule has 0 radical (unpaired) electrons. The van der Waals surface area contributed by atoms with E-state index in [1.165, 1.54) is 22.9 Å². The Morgan fingerprint density at radius 3 is 2.43 bits per heavy atom. The number of aryl methyl sites for hydroxylation is 1. The lowest BCUT2D eigenvalue weighted by atomic mass is 10.1. The SMILES string of the molecule is Cc1cccc(N2CCN(C(C)C(=O)Nc3ccccc3[N+](=O)[O-])CC2)c1C. The number of amides is 1. The number of carbonyl (C=O) groups excluding carboxylic acids is 1. The molecule has 28 heavy (non-hydrogen) atoms. The highest BCUT2D eigenvalue weighted by molar-refractivity contribution is 5.96. The molecule has 1 aliphatic heterocycles. The van der Waals surface area contributed by atoms with Crippen molar-refractivity contribution in [2.75, 3.05) is 36.4 Å². The van der Waals surface area contributed by atoms with Crippen molar-refractivity contribution in [2.45, 2.75) is 26.8 Å². The number of hydrogen-bond donors (Lipinski definition) is 1. The number of para-hydroxylation sites is 2. The summed E-state index contributed by atoms with van der Waals surface area (Å²) in [5.41, 5.74) is 3.95. The molecular weight excluding hydrogens is 356 g/mol. The van der Waals surface area contributed by atoms with Crippen LogP contribution in [0.5, 0.6) is 0 Å². The topological polar surface area (TPSA) is 78.7 Å². The van der Waals surface area contributed by atoms with E-state index in [2.05, 4.69) is 47.2 Å². The van der Waals surface area contributed by atoms with Gasteiger partial charge in [-0.3, -0.25) is 19.8 Å². The van der Waals surface area contributed by atoms with Gasteiger partial charge in [0, 0.05) is 37.9 Å². The van der Waals surface area contributed by atoms with Gasteiger partial charge in [-0.2, -0.15) is 0 Å². The lowest BCUT2D eigenvalue weighted by molar-refractivity contribution is -0.383. The van der Waals surface area contributed by atoms with Gasteiger partial charge in [0.05, 0.1) is 11.0 Å². The normalized spacial score (nSPS) is 15.9. The first-order valence-electron chi connectivity index (χ1n) is 9.48. The molecule has 1 N–H and O–H groups in total. The molecule has 0 aliphatic carbocycles. The van der Waals surface area contributed by atoms with E-state index in [4.69, 9.17) is 0 Å². The van der Waals surface area contributed by atoms with E-state index in [1.807, 2.05) is 6.92 Å². The zero-order valence-corrected chi connectivity index (χ0v) is 16.5. The Kier molecular flexibility index (Phi) is 5.94. The number of anilines is 2. The van der Waals surface area contributed by atoms with Crippen molar-refractivity contribution in [1.82, 2.24) is 4.90 Å². The smallest absolute Gasteiger partial charge is 0.292 e. The van der Waals surface area contributed by atoms with Gasteiger partial charge in [0.25, 0.3) is 5.69 Å². The van der Waals surface area contributed by atoms with Crippen LogP contribution in [-0.4, -0.2) is 48.0 Å². The molecule has 1 amide bonds. The monoisotopic (exact) mass is 382 g/mol. The number of nitrogens with one attached hydrogen (secondary N) is 1. The van der Waals surface area contributed by atoms with Crippen LogP contribution in [0.2, 0.25) is 0 Å². The largest absolute Gasteiger partial charge is 0.369 e. The van der Waals surface area contributed by atoms with Crippen LogP contribution in [0.15, 0.2) is 42.5 Å². The molecule has 1 fully saturated rings. The fourth-order valence-corrected chi connectivity index (χ4v) is 3.57. The van der Waals surface area contributed by atoms with Crippen LogP contribution in [-0.2, 0) is 4.79 Å². The van der Waals surface area contributed by atoms with E-state index < -0.39 is 4.92 Å². The van der Waals surface area contributed by atoms with E-state index in [0.29, 0.717) is 0 Å². The van der Waals surface area contributed by atoms with Crippen LogP contribution in [0.25, 0.3) is 0 Å².